The van der Waals surface area contributed by atoms with Crippen LogP contribution in [0.5, 0.6) is 5.75 Å². The van der Waals surface area contributed by atoms with Crippen molar-refractivity contribution in [2.45, 2.75) is 12.2 Å². The van der Waals surface area contributed by atoms with Crippen molar-refractivity contribution >= 4 is 11.6 Å². The number of benzene rings is 2. The molecule has 2 rings (SSSR count). The Balaban J connectivity index is 2.03. The number of hydrogen-bond acceptors (Lipinski definition) is 2. The van der Waals surface area contributed by atoms with Crippen molar-refractivity contribution in [2.75, 3.05) is 6.61 Å². The second kappa shape index (κ2) is 6.37. The third-order valence-corrected chi connectivity index (χ3v) is 3.14. The van der Waals surface area contributed by atoms with Crippen molar-refractivity contribution in [2.24, 2.45) is 5.73 Å². The number of alkyl halides is 3. The van der Waals surface area contributed by atoms with Crippen molar-refractivity contribution in [3.63, 3.8) is 0 Å². The van der Waals surface area contributed by atoms with Crippen LogP contribution in [-0.2, 0) is 6.18 Å². The van der Waals surface area contributed by atoms with Gasteiger partial charge in [0.05, 0.1) is 11.6 Å². The minimum Gasteiger partial charge on any atom is -0.492 e. The maximum Gasteiger partial charge on any atom is 0.416 e. The number of ether oxygens (including phenoxy) is 1. The standard InChI is InChI=1S/C15H13ClF3NO/c16-12-4-6-13(7-5-12)21-9-14(20)10-2-1-3-11(8-10)15(17,18)19/h1-8,14H,9,20H2. The van der Waals surface area contributed by atoms with Gasteiger partial charge in [-0.05, 0) is 42.0 Å². The lowest BCUT2D eigenvalue weighted by Gasteiger charge is -2.15. The van der Waals surface area contributed by atoms with Gasteiger partial charge in [-0.15, -0.1) is 0 Å². The van der Waals surface area contributed by atoms with E-state index in [2.05, 4.69) is 0 Å². The Kier molecular flexibility index (Phi) is 4.75. The number of hydrogen-bond donors (Lipinski definition) is 1. The molecule has 0 saturated heterocycles. The summed E-state index contributed by atoms with van der Waals surface area (Å²) in [6, 6.07) is 10.9. The van der Waals surface area contributed by atoms with Crippen LogP contribution in [0.1, 0.15) is 17.2 Å². The summed E-state index contributed by atoms with van der Waals surface area (Å²) in [4.78, 5) is 0. The van der Waals surface area contributed by atoms with E-state index in [1.807, 2.05) is 0 Å². The largest absolute Gasteiger partial charge is 0.492 e. The van der Waals surface area contributed by atoms with Crippen molar-refractivity contribution in [1.29, 1.82) is 0 Å². The fourth-order valence-electron chi connectivity index (χ4n) is 1.76. The van der Waals surface area contributed by atoms with Crippen LogP contribution in [0.25, 0.3) is 0 Å². The van der Waals surface area contributed by atoms with E-state index in [-0.39, 0.29) is 6.61 Å². The average molecular weight is 316 g/mol. The van der Waals surface area contributed by atoms with E-state index in [4.69, 9.17) is 22.1 Å². The summed E-state index contributed by atoms with van der Waals surface area (Å²) >= 11 is 5.74. The van der Waals surface area contributed by atoms with Crippen LogP contribution in [0.2, 0.25) is 5.02 Å². The Morgan fingerprint density at radius 2 is 1.76 bits per heavy atom. The highest BCUT2D eigenvalue weighted by Gasteiger charge is 2.30. The molecule has 0 amide bonds. The van der Waals surface area contributed by atoms with E-state index in [1.54, 1.807) is 30.3 Å². The molecule has 0 aromatic heterocycles. The topological polar surface area (TPSA) is 35.2 Å². The molecule has 1 atom stereocenters. The Hall–Kier alpha value is -1.72. The Bertz CT molecular complexity index is 599. The van der Waals surface area contributed by atoms with Crippen LogP contribution in [0.15, 0.2) is 48.5 Å². The van der Waals surface area contributed by atoms with Crippen molar-refractivity contribution in [3.05, 3.63) is 64.7 Å². The molecule has 0 fully saturated rings. The summed E-state index contributed by atoms with van der Waals surface area (Å²) in [5, 5.41) is 0.574. The van der Waals surface area contributed by atoms with Gasteiger partial charge in [-0.1, -0.05) is 23.7 Å². The number of halogens is 4. The minimum atomic E-state index is -4.38. The van der Waals surface area contributed by atoms with Gasteiger partial charge >= 0.3 is 6.18 Å². The van der Waals surface area contributed by atoms with Crippen LogP contribution in [0.3, 0.4) is 0 Å². The van der Waals surface area contributed by atoms with Gasteiger partial charge in [-0.3, -0.25) is 0 Å². The van der Waals surface area contributed by atoms with Gasteiger partial charge in [0.25, 0.3) is 0 Å². The Morgan fingerprint density at radius 3 is 2.38 bits per heavy atom. The summed E-state index contributed by atoms with van der Waals surface area (Å²) in [5.41, 5.74) is 5.52. The molecular formula is C15H13ClF3NO. The van der Waals surface area contributed by atoms with Crippen LogP contribution >= 0.6 is 11.6 Å². The first-order chi connectivity index (χ1) is 9.86. The van der Waals surface area contributed by atoms with E-state index >= 15 is 0 Å². The van der Waals surface area contributed by atoms with Crippen LogP contribution < -0.4 is 10.5 Å². The lowest BCUT2D eigenvalue weighted by Crippen LogP contribution is -2.19. The van der Waals surface area contributed by atoms with E-state index in [0.717, 1.165) is 12.1 Å². The monoisotopic (exact) mass is 315 g/mol. The second-order valence-corrected chi connectivity index (χ2v) is 4.93. The molecule has 0 aliphatic carbocycles. The van der Waals surface area contributed by atoms with E-state index < -0.39 is 17.8 Å². The molecule has 0 radical (unpaired) electrons. The highest BCUT2D eigenvalue weighted by molar-refractivity contribution is 6.30. The molecule has 2 aromatic carbocycles. The fourth-order valence-corrected chi connectivity index (χ4v) is 1.88. The van der Waals surface area contributed by atoms with Gasteiger partial charge in [-0.25, -0.2) is 0 Å². The van der Waals surface area contributed by atoms with Gasteiger partial charge in [0, 0.05) is 5.02 Å². The smallest absolute Gasteiger partial charge is 0.416 e. The zero-order valence-corrected chi connectivity index (χ0v) is 11.7. The average Bonchev–Trinajstić information content (AvgIpc) is 2.45. The molecule has 2 aromatic rings. The van der Waals surface area contributed by atoms with Crippen LogP contribution in [-0.4, -0.2) is 6.61 Å². The first kappa shape index (κ1) is 15.7. The summed E-state index contributed by atoms with van der Waals surface area (Å²) in [6.07, 6.45) is -4.38. The summed E-state index contributed by atoms with van der Waals surface area (Å²) in [7, 11) is 0. The predicted molar refractivity (Wildman–Crippen MR) is 75.3 cm³/mol. The lowest BCUT2D eigenvalue weighted by molar-refractivity contribution is -0.137. The fraction of sp³-hybridized carbons (Fsp3) is 0.200. The minimum absolute atomic E-state index is 0.0724. The quantitative estimate of drug-likeness (QED) is 0.905. The van der Waals surface area contributed by atoms with Crippen molar-refractivity contribution in [3.8, 4) is 5.75 Å². The Morgan fingerprint density at radius 1 is 1.10 bits per heavy atom. The third-order valence-electron chi connectivity index (χ3n) is 2.89. The molecule has 112 valence electrons. The summed E-state index contributed by atoms with van der Waals surface area (Å²) < 4.78 is 43.3. The lowest BCUT2D eigenvalue weighted by atomic mass is 10.0. The van der Waals surface area contributed by atoms with Gasteiger partial charge in [-0.2, -0.15) is 13.2 Å². The highest BCUT2D eigenvalue weighted by atomic mass is 35.5. The van der Waals surface area contributed by atoms with Gasteiger partial charge in [0.15, 0.2) is 0 Å². The van der Waals surface area contributed by atoms with E-state index in [9.17, 15) is 13.2 Å². The van der Waals surface area contributed by atoms with Crippen LogP contribution in [0.4, 0.5) is 13.2 Å². The zero-order chi connectivity index (χ0) is 15.5. The summed E-state index contributed by atoms with van der Waals surface area (Å²) in [5.74, 6) is 0.557. The molecule has 0 heterocycles. The molecule has 2 nitrogen and oxygen atoms in total. The molecule has 0 aliphatic rings. The molecule has 2 N–H and O–H groups in total. The number of rotatable bonds is 4. The molecule has 6 heteroatoms. The molecule has 1 unspecified atom stereocenters. The first-order valence-electron chi connectivity index (χ1n) is 6.17. The maximum atomic E-state index is 12.6. The van der Waals surface area contributed by atoms with E-state index in [1.165, 1.54) is 6.07 Å². The normalized spacial score (nSPS) is 13.0. The molecule has 0 spiro atoms. The van der Waals surface area contributed by atoms with Crippen LogP contribution in [0, 0.1) is 0 Å². The molecule has 21 heavy (non-hydrogen) atoms. The van der Waals surface area contributed by atoms with Gasteiger partial charge in [0.1, 0.15) is 12.4 Å². The summed E-state index contributed by atoms with van der Waals surface area (Å²) in [6.45, 7) is 0.0724. The second-order valence-electron chi connectivity index (χ2n) is 4.49. The van der Waals surface area contributed by atoms with Gasteiger partial charge in [0.2, 0.25) is 0 Å². The van der Waals surface area contributed by atoms with Gasteiger partial charge < -0.3 is 10.5 Å². The first-order valence-corrected chi connectivity index (χ1v) is 6.55. The third kappa shape index (κ3) is 4.37. The molecule has 0 aliphatic heterocycles. The van der Waals surface area contributed by atoms with Crippen molar-refractivity contribution in [1.82, 2.24) is 0 Å². The predicted octanol–water partition coefficient (Wildman–Crippen LogP) is 4.44. The Labute approximate surface area is 125 Å². The maximum absolute atomic E-state index is 12.6. The zero-order valence-electron chi connectivity index (χ0n) is 10.9. The molecule has 0 bridgehead atoms. The number of nitrogens with two attached hydrogens (primary N) is 1. The molecular weight excluding hydrogens is 303 g/mol. The van der Waals surface area contributed by atoms with Crippen molar-refractivity contribution < 1.29 is 17.9 Å². The molecule has 0 saturated carbocycles. The SMILES string of the molecule is NC(COc1ccc(Cl)cc1)c1cccc(C(F)(F)F)c1. The van der Waals surface area contributed by atoms with E-state index in [0.29, 0.717) is 16.3 Å². The highest BCUT2D eigenvalue weighted by Crippen LogP contribution is 2.30.